The van der Waals surface area contributed by atoms with Gasteiger partial charge in [-0.15, -0.1) is 0 Å². The number of hydrazone groups is 1. The van der Waals surface area contributed by atoms with Crippen molar-refractivity contribution in [2.45, 2.75) is 20.8 Å². The standard InChI is InChI=1S/C23H25N3O3/c1-15-6-9-20(10-7-15)26-16(2)12-19(17(26)3)14-24-25-23(27)18-8-11-21(28-4)22(13-18)29-5/h6-14H,1-5H3,(H,25,27)/b24-14-. The molecule has 0 atom stereocenters. The minimum absolute atomic E-state index is 0.324. The number of nitrogens with one attached hydrogen (secondary N) is 1. The van der Waals surface area contributed by atoms with Crippen molar-refractivity contribution in [3.63, 3.8) is 0 Å². The number of carbonyl (C=O) groups is 1. The monoisotopic (exact) mass is 391 g/mol. The number of nitrogens with zero attached hydrogens (tertiary/aromatic N) is 2. The SMILES string of the molecule is COc1ccc(C(=O)N/N=C\c2cc(C)n(-c3ccc(C)cc3)c2C)cc1OC. The van der Waals surface area contributed by atoms with Crippen LogP contribution in [-0.2, 0) is 0 Å². The number of aryl methyl sites for hydroxylation is 2. The van der Waals surface area contributed by atoms with E-state index in [0.717, 1.165) is 22.6 Å². The van der Waals surface area contributed by atoms with Crippen LogP contribution in [0.2, 0.25) is 0 Å². The molecule has 6 heteroatoms. The van der Waals surface area contributed by atoms with Gasteiger partial charge >= 0.3 is 0 Å². The lowest BCUT2D eigenvalue weighted by Gasteiger charge is -2.10. The first kappa shape index (κ1) is 20.2. The van der Waals surface area contributed by atoms with Crippen LogP contribution in [0.1, 0.15) is 32.9 Å². The van der Waals surface area contributed by atoms with Crippen molar-refractivity contribution in [3.05, 3.63) is 76.6 Å². The Hall–Kier alpha value is -3.54. The largest absolute Gasteiger partial charge is 0.493 e. The molecule has 0 fully saturated rings. The number of carbonyl (C=O) groups excluding carboxylic acids is 1. The van der Waals surface area contributed by atoms with Crippen LogP contribution in [-0.4, -0.2) is 30.9 Å². The van der Waals surface area contributed by atoms with E-state index in [1.807, 2.05) is 19.9 Å². The van der Waals surface area contributed by atoms with Gasteiger partial charge in [-0.05, 0) is 57.2 Å². The van der Waals surface area contributed by atoms with Gasteiger partial charge in [0.05, 0.1) is 20.4 Å². The molecule has 0 aliphatic carbocycles. The Kier molecular flexibility index (Phi) is 6.02. The van der Waals surface area contributed by atoms with E-state index in [1.54, 1.807) is 31.5 Å². The van der Waals surface area contributed by atoms with E-state index in [2.05, 4.69) is 46.3 Å². The van der Waals surface area contributed by atoms with Crippen LogP contribution >= 0.6 is 0 Å². The second kappa shape index (κ2) is 8.65. The topological polar surface area (TPSA) is 64.8 Å². The van der Waals surface area contributed by atoms with E-state index in [9.17, 15) is 4.79 Å². The van der Waals surface area contributed by atoms with Gasteiger partial charge in [-0.3, -0.25) is 4.79 Å². The number of amides is 1. The average molecular weight is 391 g/mol. The fourth-order valence-corrected chi connectivity index (χ4v) is 3.21. The molecule has 0 aliphatic heterocycles. The lowest BCUT2D eigenvalue weighted by molar-refractivity contribution is 0.0954. The van der Waals surface area contributed by atoms with Crippen molar-refractivity contribution in [3.8, 4) is 17.2 Å². The van der Waals surface area contributed by atoms with Crippen LogP contribution in [0.15, 0.2) is 53.6 Å². The molecule has 0 saturated heterocycles. The van der Waals surface area contributed by atoms with Gasteiger partial charge in [0.25, 0.3) is 5.91 Å². The second-order valence-electron chi connectivity index (χ2n) is 6.77. The zero-order valence-corrected chi connectivity index (χ0v) is 17.3. The van der Waals surface area contributed by atoms with E-state index in [0.29, 0.717) is 17.1 Å². The minimum Gasteiger partial charge on any atom is -0.493 e. The molecule has 0 spiro atoms. The van der Waals surface area contributed by atoms with Crippen molar-refractivity contribution in [2.24, 2.45) is 5.10 Å². The van der Waals surface area contributed by atoms with Gasteiger partial charge in [0, 0.05) is 28.2 Å². The highest BCUT2D eigenvalue weighted by Crippen LogP contribution is 2.27. The van der Waals surface area contributed by atoms with Crippen molar-refractivity contribution in [1.29, 1.82) is 0 Å². The summed E-state index contributed by atoms with van der Waals surface area (Å²) in [5.74, 6) is 0.733. The molecule has 1 amide bonds. The first-order chi connectivity index (χ1) is 13.9. The molecule has 0 unspecified atom stereocenters. The Morgan fingerprint density at radius 2 is 1.66 bits per heavy atom. The zero-order valence-electron chi connectivity index (χ0n) is 17.3. The molecule has 29 heavy (non-hydrogen) atoms. The molecule has 3 rings (SSSR count). The van der Waals surface area contributed by atoms with Gasteiger partial charge in [-0.25, -0.2) is 5.43 Å². The van der Waals surface area contributed by atoms with Crippen LogP contribution in [0, 0.1) is 20.8 Å². The maximum atomic E-state index is 12.4. The van der Waals surface area contributed by atoms with Crippen molar-refractivity contribution in [1.82, 2.24) is 9.99 Å². The van der Waals surface area contributed by atoms with Crippen LogP contribution in [0.25, 0.3) is 5.69 Å². The summed E-state index contributed by atoms with van der Waals surface area (Å²) in [6.07, 6.45) is 1.66. The maximum Gasteiger partial charge on any atom is 0.271 e. The molecule has 0 radical (unpaired) electrons. The van der Waals surface area contributed by atoms with E-state index in [4.69, 9.17) is 9.47 Å². The van der Waals surface area contributed by atoms with E-state index in [1.165, 1.54) is 12.7 Å². The third-order valence-electron chi connectivity index (χ3n) is 4.78. The molecule has 1 heterocycles. The molecular weight excluding hydrogens is 366 g/mol. The summed E-state index contributed by atoms with van der Waals surface area (Å²) in [5.41, 5.74) is 8.40. The van der Waals surface area contributed by atoms with Gasteiger partial charge in [-0.2, -0.15) is 5.10 Å². The van der Waals surface area contributed by atoms with Gasteiger partial charge in [0.15, 0.2) is 11.5 Å². The maximum absolute atomic E-state index is 12.4. The van der Waals surface area contributed by atoms with Gasteiger partial charge in [-0.1, -0.05) is 17.7 Å². The third-order valence-corrected chi connectivity index (χ3v) is 4.78. The van der Waals surface area contributed by atoms with Crippen LogP contribution in [0.4, 0.5) is 0 Å². The first-order valence-electron chi connectivity index (χ1n) is 9.26. The summed E-state index contributed by atoms with van der Waals surface area (Å²) in [6.45, 7) is 6.15. The number of methoxy groups -OCH3 is 2. The fraction of sp³-hybridized carbons (Fsp3) is 0.217. The molecule has 150 valence electrons. The van der Waals surface area contributed by atoms with Crippen molar-refractivity contribution < 1.29 is 14.3 Å². The Morgan fingerprint density at radius 1 is 0.966 bits per heavy atom. The first-order valence-corrected chi connectivity index (χ1v) is 9.26. The molecule has 1 N–H and O–H groups in total. The summed E-state index contributed by atoms with van der Waals surface area (Å²) in [7, 11) is 3.08. The highest BCUT2D eigenvalue weighted by molar-refractivity contribution is 5.95. The highest BCUT2D eigenvalue weighted by Gasteiger charge is 2.11. The van der Waals surface area contributed by atoms with E-state index >= 15 is 0 Å². The van der Waals surface area contributed by atoms with Crippen LogP contribution in [0.5, 0.6) is 11.5 Å². The Balaban J connectivity index is 1.76. The average Bonchev–Trinajstić information content (AvgIpc) is 3.01. The number of hydrogen-bond donors (Lipinski definition) is 1. The van der Waals surface area contributed by atoms with Crippen molar-refractivity contribution >= 4 is 12.1 Å². The molecule has 6 nitrogen and oxygen atoms in total. The molecule has 0 aliphatic rings. The second-order valence-corrected chi connectivity index (χ2v) is 6.77. The Morgan fingerprint density at radius 3 is 2.31 bits per heavy atom. The number of hydrogen-bond acceptors (Lipinski definition) is 4. The Labute approximate surface area is 170 Å². The number of ether oxygens (including phenoxy) is 2. The summed E-state index contributed by atoms with van der Waals surface area (Å²) in [5, 5.41) is 4.13. The van der Waals surface area contributed by atoms with Gasteiger partial charge in [0.1, 0.15) is 0 Å². The number of benzene rings is 2. The smallest absolute Gasteiger partial charge is 0.271 e. The summed E-state index contributed by atoms with van der Waals surface area (Å²) in [4.78, 5) is 12.4. The number of rotatable bonds is 6. The summed E-state index contributed by atoms with van der Waals surface area (Å²) in [6, 6.07) is 15.4. The van der Waals surface area contributed by atoms with E-state index < -0.39 is 0 Å². The predicted molar refractivity (Wildman–Crippen MR) is 115 cm³/mol. The van der Waals surface area contributed by atoms with Gasteiger partial charge < -0.3 is 14.0 Å². The lowest BCUT2D eigenvalue weighted by atomic mass is 10.2. The van der Waals surface area contributed by atoms with Crippen LogP contribution in [0.3, 0.4) is 0 Å². The minimum atomic E-state index is -0.324. The fourth-order valence-electron chi connectivity index (χ4n) is 3.21. The molecule has 2 aromatic carbocycles. The zero-order chi connectivity index (χ0) is 21.0. The van der Waals surface area contributed by atoms with Crippen molar-refractivity contribution in [2.75, 3.05) is 14.2 Å². The molecular formula is C23H25N3O3. The predicted octanol–water partition coefficient (Wildman–Crippen LogP) is 4.18. The van der Waals surface area contributed by atoms with Gasteiger partial charge in [0.2, 0.25) is 0 Å². The summed E-state index contributed by atoms with van der Waals surface area (Å²) >= 11 is 0. The van der Waals surface area contributed by atoms with Crippen LogP contribution < -0.4 is 14.9 Å². The molecule has 1 aromatic heterocycles. The molecule has 0 bridgehead atoms. The third kappa shape index (κ3) is 4.32. The quantitative estimate of drug-likeness (QED) is 0.506. The highest BCUT2D eigenvalue weighted by atomic mass is 16.5. The lowest BCUT2D eigenvalue weighted by Crippen LogP contribution is -2.17. The Bertz CT molecular complexity index is 1050. The normalized spacial score (nSPS) is 10.9. The summed E-state index contributed by atoms with van der Waals surface area (Å²) < 4.78 is 12.6. The van der Waals surface area contributed by atoms with E-state index in [-0.39, 0.29) is 5.91 Å². The molecule has 3 aromatic rings. The molecule has 0 saturated carbocycles. The number of aromatic nitrogens is 1.